The highest BCUT2D eigenvalue weighted by Crippen LogP contribution is 2.45. The van der Waals surface area contributed by atoms with Gasteiger partial charge in [0.15, 0.2) is 0 Å². The minimum Gasteiger partial charge on any atom is -0.407 e. The zero-order chi connectivity index (χ0) is 26.7. The summed E-state index contributed by atoms with van der Waals surface area (Å²) in [7, 11) is -3.76. The molecule has 0 amide bonds. The Kier molecular flexibility index (Phi) is 8.42. The normalized spacial score (nSPS) is 19.6. The van der Waals surface area contributed by atoms with Crippen LogP contribution in [0.3, 0.4) is 0 Å². The molecule has 0 radical (unpaired) electrons. The van der Waals surface area contributed by atoms with Crippen LogP contribution >= 0.6 is 0 Å². The molecule has 196 valence electrons. The van der Waals surface area contributed by atoms with Gasteiger partial charge in [-0.3, -0.25) is 4.21 Å². The highest BCUT2D eigenvalue weighted by molar-refractivity contribution is 7.85. The van der Waals surface area contributed by atoms with E-state index in [1.165, 1.54) is 15.9 Å². The fraction of sp³-hybridized carbons (Fsp3) is 0.394. The van der Waals surface area contributed by atoms with Gasteiger partial charge in [-0.05, 0) is 52.7 Å². The summed E-state index contributed by atoms with van der Waals surface area (Å²) in [6.07, 6.45) is 4.49. The van der Waals surface area contributed by atoms with Crippen molar-refractivity contribution in [1.29, 1.82) is 0 Å². The molecule has 4 heteroatoms. The second-order valence-corrected chi connectivity index (χ2v) is 18.1. The molecule has 2 nitrogen and oxygen atoms in total. The van der Waals surface area contributed by atoms with Crippen molar-refractivity contribution in [3.8, 4) is 0 Å². The number of benzene rings is 3. The lowest BCUT2D eigenvalue weighted by Crippen LogP contribution is -2.67. The van der Waals surface area contributed by atoms with E-state index in [1.807, 2.05) is 30.3 Å². The first-order chi connectivity index (χ1) is 17.6. The molecular weight excluding hydrogens is 489 g/mol. The Morgan fingerprint density at radius 3 is 1.86 bits per heavy atom. The molecule has 1 aliphatic rings. The molecule has 0 N–H and O–H groups in total. The van der Waals surface area contributed by atoms with Crippen LogP contribution in [-0.2, 0) is 15.2 Å². The smallest absolute Gasteiger partial charge is 0.261 e. The minimum absolute atomic E-state index is 0.0601. The Morgan fingerprint density at radius 1 is 0.892 bits per heavy atom. The van der Waals surface area contributed by atoms with Gasteiger partial charge in [-0.2, -0.15) is 0 Å². The van der Waals surface area contributed by atoms with E-state index in [-0.39, 0.29) is 21.6 Å². The summed E-state index contributed by atoms with van der Waals surface area (Å²) in [5.41, 5.74) is 1.35. The monoisotopic (exact) mass is 530 g/mol. The van der Waals surface area contributed by atoms with Crippen molar-refractivity contribution < 1.29 is 8.63 Å². The molecule has 2 unspecified atom stereocenters. The van der Waals surface area contributed by atoms with Gasteiger partial charge in [0.1, 0.15) is 0 Å². The maximum Gasteiger partial charge on any atom is 0.261 e. The average Bonchev–Trinajstić information content (AvgIpc) is 2.89. The fourth-order valence-electron chi connectivity index (χ4n) is 6.00. The molecule has 0 heterocycles. The van der Waals surface area contributed by atoms with Gasteiger partial charge in [0.05, 0.1) is 16.0 Å². The summed E-state index contributed by atoms with van der Waals surface area (Å²) >= 11 is 0. The summed E-state index contributed by atoms with van der Waals surface area (Å²) in [5.74, 6) is 0.200. The van der Waals surface area contributed by atoms with Crippen LogP contribution in [0.1, 0.15) is 54.4 Å². The summed E-state index contributed by atoms with van der Waals surface area (Å²) in [5, 5.41) is 2.47. The molecule has 3 aromatic rings. The van der Waals surface area contributed by atoms with Crippen molar-refractivity contribution >= 4 is 29.5 Å². The SMILES string of the molecule is CC(C1=CCCC(C)(C)[C@@H]1CO[Si](c1ccccc1)(c1ccccc1)C(C)(C)C)S(=O)c1ccccc1. The van der Waals surface area contributed by atoms with Gasteiger partial charge < -0.3 is 4.43 Å². The molecule has 0 aliphatic heterocycles. The first-order valence-corrected chi connectivity index (χ1v) is 16.6. The Morgan fingerprint density at radius 2 is 1.38 bits per heavy atom. The molecular formula is C33H42O2SSi. The van der Waals surface area contributed by atoms with Crippen LogP contribution in [0.5, 0.6) is 0 Å². The standard InChI is InChI=1S/C33H42O2SSi/c1-26(36(34)27-17-10-7-11-18-27)30-23-16-24-33(5,6)31(30)25-35-37(32(2,3)4,28-19-12-8-13-20-28)29-21-14-9-15-22-29/h7-15,17-23,26,31H,16,24-25H2,1-6H3/t26?,31-,36?/m1/s1. The van der Waals surface area contributed by atoms with Crippen molar-refractivity contribution in [2.24, 2.45) is 11.3 Å². The van der Waals surface area contributed by atoms with Crippen LogP contribution in [0.4, 0.5) is 0 Å². The second kappa shape index (κ2) is 11.2. The van der Waals surface area contributed by atoms with Crippen molar-refractivity contribution in [2.45, 2.75) is 69.6 Å². The highest BCUT2D eigenvalue weighted by Gasteiger charge is 2.51. The van der Waals surface area contributed by atoms with Gasteiger partial charge in [-0.15, -0.1) is 0 Å². The van der Waals surface area contributed by atoms with Crippen LogP contribution in [0, 0.1) is 11.3 Å². The zero-order valence-electron chi connectivity index (χ0n) is 23.2. The van der Waals surface area contributed by atoms with Crippen LogP contribution in [0.15, 0.2) is 108 Å². The van der Waals surface area contributed by atoms with Gasteiger partial charge in [0.2, 0.25) is 0 Å². The Hall–Kier alpha value is -2.27. The van der Waals surface area contributed by atoms with E-state index in [4.69, 9.17) is 4.43 Å². The topological polar surface area (TPSA) is 26.3 Å². The third-order valence-corrected chi connectivity index (χ3v) is 14.8. The Labute approximate surface area is 227 Å². The highest BCUT2D eigenvalue weighted by atomic mass is 32.2. The molecule has 0 aromatic heterocycles. The minimum atomic E-state index is -2.65. The quantitative estimate of drug-likeness (QED) is 0.229. The maximum absolute atomic E-state index is 13.6. The summed E-state index contributed by atoms with van der Waals surface area (Å²) in [6.45, 7) is 14.5. The lowest BCUT2D eigenvalue weighted by Gasteiger charge is -2.47. The Bertz CT molecular complexity index is 1170. The third-order valence-electron chi connectivity index (χ3n) is 8.16. The van der Waals surface area contributed by atoms with Gasteiger partial charge in [0, 0.05) is 17.4 Å². The van der Waals surface area contributed by atoms with E-state index in [1.54, 1.807) is 0 Å². The summed E-state index contributed by atoms with van der Waals surface area (Å²) in [4.78, 5) is 0.894. The van der Waals surface area contributed by atoms with Crippen LogP contribution in [-0.4, -0.2) is 24.4 Å². The van der Waals surface area contributed by atoms with E-state index in [0.717, 1.165) is 17.7 Å². The summed E-state index contributed by atoms with van der Waals surface area (Å²) in [6, 6.07) is 31.6. The number of rotatable bonds is 8. The summed E-state index contributed by atoms with van der Waals surface area (Å²) < 4.78 is 21.0. The van der Waals surface area contributed by atoms with Gasteiger partial charge >= 0.3 is 0 Å². The van der Waals surface area contributed by atoms with Crippen LogP contribution in [0.25, 0.3) is 0 Å². The number of hydrogen-bond donors (Lipinski definition) is 0. The van der Waals surface area contributed by atoms with Crippen molar-refractivity contribution in [1.82, 2.24) is 0 Å². The number of hydrogen-bond acceptors (Lipinski definition) is 2. The largest absolute Gasteiger partial charge is 0.407 e. The van der Waals surface area contributed by atoms with E-state index in [0.29, 0.717) is 6.61 Å². The van der Waals surface area contributed by atoms with Crippen molar-refractivity contribution in [3.63, 3.8) is 0 Å². The second-order valence-electron chi connectivity index (χ2n) is 12.0. The third kappa shape index (κ3) is 5.62. The molecule has 0 spiro atoms. The molecule has 0 saturated carbocycles. The van der Waals surface area contributed by atoms with Gasteiger partial charge in [-0.25, -0.2) is 0 Å². The predicted molar refractivity (Wildman–Crippen MR) is 160 cm³/mol. The lowest BCUT2D eigenvalue weighted by atomic mass is 9.68. The van der Waals surface area contributed by atoms with E-state index >= 15 is 0 Å². The molecule has 0 saturated heterocycles. The van der Waals surface area contributed by atoms with E-state index in [9.17, 15) is 4.21 Å². The Balaban J connectivity index is 1.75. The maximum atomic E-state index is 13.6. The molecule has 4 rings (SSSR count). The first-order valence-electron chi connectivity index (χ1n) is 13.5. The molecule has 1 aliphatic carbocycles. The van der Waals surface area contributed by atoms with E-state index < -0.39 is 19.1 Å². The first kappa shape index (κ1) is 27.8. The van der Waals surface area contributed by atoms with Gasteiger partial charge in [0.25, 0.3) is 8.32 Å². The molecule has 37 heavy (non-hydrogen) atoms. The van der Waals surface area contributed by atoms with Crippen LogP contribution < -0.4 is 10.4 Å². The lowest BCUT2D eigenvalue weighted by molar-refractivity contribution is 0.133. The van der Waals surface area contributed by atoms with E-state index in [2.05, 4.69) is 108 Å². The molecule has 0 bridgehead atoms. The fourth-order valence-corrected chi connectivity index (χ4v) is 11.9. The molecule has 0 fully saturated rings. The van der Waals surface area contributed by atoms with Crippen LogP contribution in [0.2, 0.25) is 5.04 Å². The van der Waals surface area contributed by atoms with Gasteiger partial charge in [-0.1, -0.05) is 125 Å². The number of allylic oxidation sites excluding steroid dienone is 1. The average molecular weight is 531 g/mol. The molecule has 3 atom stereocenters. The molecule has 3 aromatic carbocycles. The zero-order valence-corrected chi connectivity index (χ0v) is 25.1. The predicted octanol–water partition coefficient (Wildman–Crippen LogP) is 7.12. The van der Waals surface area contributed by atoms with Crippen molar-refractivity contribution in [2.75, 3.05) is 6.61 Å². The van der Waals surface area contributed by atoms with Crippen molar-refractivity contribution in [3.05, 3.63) is 103 Å².